The van der Waals surface area contributed by atoms with Crippen LogP contribution in [-0.4, -0.2) is 19.3 Å². The maximum Gasteiger partial charge on any atom is 0.0643 e. The summed E-state index contributed by atoms with van der Waals surface area (Å²) in [6.45, 7) is 3.97. The highest BCUT2D eigenvalue weighted by molar-refractivity contribution is 5.19. The lowest BCUT2D eigenvalue weighted by Crippen LogP contribution is -2.47. The van der Waals surface area contributed by atoms with E-state index >= 15 is 0 Å². The molecule has 1 aliphatic heterocycles. The van der Waals surface area contributed by atoms with Crippen LogP contribution in [0.2, 0.25) is 0 Å². The standard InChI is InChI=1S/C13H19NO/c1-2-6-13(14-12-9-15-10-12)11-7-4-3-5-8-11/h3-5,7-8,12-14H,2,6,9-10H2,1H3. The molecule has 1 fully saturated rings. The van der Waals surface area contributed by atoms with Crippen molar-refractivity contribution in [1.82, 2.24) is 5.32 Å². The molecule has 1 N–H and O–H groups in total. The summed E-state index contributed by atoms with van der Waals surface area (Å²) in [6.07, 6.45) is 2.40. The Morgan fingerprint density at radius 2 is 2.07 bits per heavy atom. The van der Waals surface area contributed by atoms with E-state index in [9.17, 15) is 0 Å². The van der Waals surface area contributed by atoms with Crippen molar-refractivity contribution in [1.29, 1.82) is 0 Å². The Hall–Kier alpha value is -0.860. The summed E-state index contributed by atoms with van der Waals surface area (Å²) in [4.78, 5) is 0. The van der Waals surface area contributed by atoms with Gasteiger partial charge in [0.2, 0.25) is 0 Å². The molecular weight excluding hydrogens is 186 g/mol. The van der Waals surface area contributed by atoms with Gasteiger partial charge in [0.15, 0.2) is 0 Å². The van der Waals surface area contributed by atoms with Crippen molar-refractivity contribution in [3.63, 3.8) is 0 Å². The van der Waals surface area contributed by atoms with Crippen molar-refractivity contribution in [2.24, 2.45) is 0 Å². The summed E-state index contributed by atoms with van der Waals surface area (Å²) in [5.74, 6) is 0. The third kappa shape index (κ3) is 2.80. The Bertz CT molecular complexity index is 282. The third-order valence-electron chi connectivity index (χ3n) is 2.85. The first kappa shape index (κ1) is 10.7. The van der Waals surface area contributed by atoms with Crippen molar-refractivity contribution < 1.29 is 4.74 Å². The normalized spacial score (nSPS) is 18.5. The van der Waals surface area contributed by atoms with Gasteiger partial charge in [-0.3, -0.25) is 0 Å². The summed E-state index contributed by atoms with van der Waals surface area (Å²) < 4.78 is 5.19. The number of ether oxygens (including phenoxy) is 1. The molecule has 1 aromatic rings. The van der Waals surface area contributed by atoms with Crippen LogP contribution in [0.4, 0.5) is 0 Å². The lowest BCUT2D eigenvalue weighted by Gasteiger charge is -2.31. The van der Waals surface area contributed by atoms with E-state index in [1.165, 1.54) is 18.4 Å². The molecule has 2 heteroatoms. The van der Waals surface area contributed by atoms with Gasteiger partial charge in [-0.05, 0) is 12.0 Å². The minimum absolute atomic E-state index is 0.491. The zero-order valence-corrected chi connectivity index (χ0v) is 9.28. The second kappa shape index (κ2) is 5.29. The molecule has 0 saturated carbocycles. The quantitative estimate of drug-likeness (QED) is 0.797. The van der Waals surface area contributed by atoms with E-state index in [0.717, 1.165) is 13.2 Å². The van der Waals surface area contributed by atoms with E-state index in [1.807, 2.05) is 0 Å². The average molecular weight is 205 g/mol. The Morgan fingerprint density at radius 1 is 1.33 bits per heavy atom. The van der Waals surface area contributed by atoms with Crippen LogP contribution in [0.15, 0.2) is 30.3 Å². The lowest BCUT2D eigenvalue weighted by molar-refractivity contribution is -0.0106. The van der Waals surface area contributed by atoms with Crippen LogP contribution in [0, 0.1) is 0 Å². The third-order valence-corrected chi connectivity index (χ3v) is 2.85. The van der Waals surface area contributed by atoms with Crippen LogP contribution < -0.4 is 5.32 Å². The topological polar surface area (TPSA) is 21.3 Å². The maximum atomic E-state index is 5.19. The number of hydrogen-bond donors (Lipinski definition) is 1. The van der Waals surface area contributed by atoms with Gasteiger partial charge in [-0.1, -0.05) is 43.7 Å². The van der Waals surface area contributed by atoms with Crippen molar-refractivity contribution in [2.45, 2.75) is 31.8 Å². The van der Waals surface area contributed by atoms with Crippen molar-refractivity contribution >= 4 is 0 Å². The first-order valence-corrected chi connectivity index (χ1v) is 5.79. The Kier molecular flexibility index (Phi) is 3.75. The first-order chi connectivity index (χ1) is 7.40. The summed E-state index contributed by atoms with van der Waals surface area (Å²) in [6, 6.07) is 11.7. The van der Waals surface area contributed by atoms with Crippen molar-refractivity contribution in [2.75, 3.05) is 13.2 Å². The molecule has 0 amide bonds. The van der Waals surface area contributed by atoms with E-state index in [4.69, 9.17) is 4.74 Å². The zero-order chi connectivity index (χ0) is 10.5. The zero-order valence-electron chi connectivity index (χ0n) is 9.28. The van der Waals surface area contributed by atoms with Crippen LogP contribution >= 0.6 is 0 Å². The van der Waals surface area contributed by atoms with E-state index < -0.39 is 0 Å². The summed E-state index contributed by atoms with van der Waals surface area (Å²) in [7, 11) is 0. The summed E-state index contributed by atoms with van der Waals surface area (Å²) >= 11 is 0. The van der Waals surface area contributed by atoms with E-state index in [2.05, 4.69) is 42.6 Å². The first-order valence-electron chi connectivity index (χ1n) is 5.79. The SMILES string of the molecule is CCCC(NC1COC1)c1ccccc1. The molecule has 0 bridgehead atoms. The fourth-order valence-corrected chi connectivity index (χ4v) is 1.94. The molecule has 1 atom stereocenters. The number of rotatable bonds is 5. The molecule has 0 spiro atoms. The molecule has 1 saturated heterocycles. The maximum absolute atomic E-state index is 5.19. The molecule has 1 heterocycles. The van der Waals surface area contributed by atoms with Crippen LogP contribution in [0.3, 0.4) is 0 Å². The molecule has 82 valence electrons. The van der Waals surface area contributed by atoms with Crippen LogP contribution in [0.5, 0.6) is 0 Å². The lowest BCUT2D eigenvalue weighted by atomic mass is 10.0. The Balaban J connectivity index is 1.98. The number of hydrogen-bond acceptors (Lipinski definition) is 2. The van der Waals surface area contributed by atoms with Gasteiger partial charge < -0.3 is 10.1 Å². The van der Waals surface area contributed by atoms with Crippen LogP contribution in [0.1, 0.15) is 31.4 Å². The van der Waals surface area contributed by atoms with Crippen LogP contribution in [-0.2, 0) is 4.74 Å². The smallest absolute Gasteiger partial charge is 0.0643 e. The average Bonchev–Trinajstić information content (AvgIpc) is 2.23. The monoisotopic (exact) mass is 205 g/mol. The summed E-state index contributed by atoms with van der Waals surface area (Å²) in [5, 5.41) is 3.65. The molecule has 2 nitrogen and oxygen atoms in total. The fourth-order valence-electron chi connectivity index (χ4n) is 1.94. The number of nitrogens with one attached hydrogen (secondary N) is 1. The Morgan fingerprint density at radius 3 is 2.60 bits per heavy atom. The predicted octanol–water partition coefficient (Wildman–Crippen LogP) is 2.52. The second-order valence-corrected chi connectivity index (χ2v) is 4.15. The molecule has 0 aromatic heterocycles. The van der Waals surface area contributed by atoms with E-state index in [-0.39, 0.29) is 0 Å². The highest BCUT2D eigenvalue weighted by Gasteiger charge is 2.22. The van der Waals surface area contributed by atoms with Gasteiger partial charge in [0.1, 0.15) is 0 Å². The van der Waals surface area contributed by atoms with E-state index in [0.29, 0.717) is 12.1 Å². The van der Waals surface area contributed by atoms with E-state index in [1.54, 1.807) is 0 Å². The molecule has 1 aromatic carbocycles. The van der Waals surface area contributed by atoms with Gasteiger partial charge in [-0.2, -0.15) is 0 Å². The predicted molar refractivity (Wildman–Crippen MR) is 61.8 cm³/mol. The highest BCUT2D eigenvalue weighted by atomic mass is 16.5. The second-order valence-electron chi connectivity index (χ2n) is 4.15. The molecule has 0 aliphatic carbocycles. The number of benzene rings is 1. The molecular formula is C13H19NO. The van der Waals surface area contributed by atoms with Gasteiger partial charge in [-0.15, -0.1) is 0 Å². The minimum atomic E-state index is 0.491. The molecule has 1 unspecified atom stereocenters. The van der Waals surface area contributed by atoms with Gasteiger partial charge >= 0.3 is 0 Å². The largest absolute Gasteiger partial charge is 0.378 e. The van der Waals surface area contributed by atoms with Gasteiger partial charge in [0.25, 0.3) is 0 Å². The highest BCUT2D eigenvalue weighted by Crippen LogP contribution is 2.20. The fraction of sp³-hybridized carbons (Fsp3) is 0.538. The van der Waals surface area contributed by atoms with Gasteiger partial charge in [0.05, 0.1) is 19.3 Å². The summed E-state index contributed by atoms with van der Waals surface area (Å²) in [5.41, 5.74) is 1.39. The molecule has 1 aliphatic rings. The van der Waals surface area contributed by atoms with Crippen molar-refractivity contribution in [3.05, 3.63) is 35.9 Å². The molecule has 2 rings (SSSR count). The van der Waals surface area contributed by atoms with Crippen molar-refractivity contribution in [3.8, 4) is 0 Å². The molecule has 15 heavy (non-hydrogen) atoms. The Labute approximate surface area is 91.6 Å². The van der Waals surface area contributed by atoms with Gasteiger partial charge in [-0.25, -0.2) is 0 Å². The van der Waals surface area contributed by atoms with Gasteiger partial charge in [0, 0.05) is 6.04 Å². The van der Waals surface area contributed by atoms with Crippen LogP contribution in [0.25, 0.3) is 0 Å². The minimum Gasteiger partial charge on any atom is -0.378 e. The molecule has 0 radical (unpaired) electrons.